The monoisotopic (exact) mass is 338 g/mol. The normalized spacial score (nSPS) is 11.2. The van der Waals surface area contributed by atoms with Crippen LogP contribution in [0.15, 0.2) is 34.5 Å². The van der Waals surface area contributed by atoms with Crippen molar-refractivity contribution in [2.75, 3.05) is 4.72 Å². The first-order valence-corrected chi connectivity index (χ1v) is 9.01. The van der Waals surface area contributed by atoms with E-state index in [-0.39, 0.29) is 10.1 Å². The van der Waals surface area contributed by atoms with Crippen molar-refractivity contribution in [3.63, 3.8) is 0 Å². The van der Waals surface area contributed by atoms with E-state index in [4.69, 9.17) is 0 Å². The predicted molar refractivity (Wildman–Crippen MR) is 88.6 cm³/mol. The quantitative estimate of drug-likeness (QED) is 0.880. The zero-order valence-electron chi connectivity index (χ0n) is 12.6. The van der Waals surface area contributed by atoms with Crippen LogP contribution < -0.4 is 10.0 Å². The molecule has 1 aromatic carbocycles. The van der Waals surface area contributed by atoms with Crippen LogP contribution >= 0.6 is 11.3 Å². The average molecular weight is 338 g/mol. The highest BCUT2D eigenvalue weighted by molar-refractivity contribution is 7.94. The van der Waals surface area contributed by atoms with E-state index in [9.17, 15) is 13.2 Å². The third-order valence-electron chi connectivity index (χ3n) is 3.17. The summed E-state index contributed by atoms with van der Waals surface area (Å²) in [7, 11) is -3.60. The molecule has 1 heterocycles. The van der Waals surface area contributed by atoms with Gasteiger partial charge in [0.1, 0.15) is 4.21 Å². The Balaban J connectivity index is 2.16. The van der Waals surface area contributed by atoms with Gasteiger partial charge in [-0.3, -0.25) is 9.52 Å². The van der Waals surface area contributed by atoms with Crippen LogP contribution in [0, 0.1) is 13.8 Å². The van der Waals surface area contributed by atoms with E-state index in [1.807, 2.05) is 19.9 Å². The Morgan fingerprint density at radius 3 is 2.50 bits per heavy atom. The molecule has 2 aromatic rings. The second-order valence-electron chi connectivity index (χ2n) is 5.04. The Morgan fingerprint density at radius 1 is 1.14 bits per heavy atom. The molecule has 0 radical (unpaired) electrons. The van der Waals surface area contributed by atoms with Crippen LogP contribution in [0.25, 0.3) is 0 Å². The van der Waals surface area contributed by atoms with Crippen LogP contribution in [0.4, 0.5) is 5.69 Å². The summed E-state index contributed by atoms with van der Waals surface area (Å²) < 4.78 is 27.5. The summed E-state index contributed by atoms with van der Waals surface area (Å²) in [4.78, 5) is 11.7. The minimum absolute atomic E-state index is 0.147. The second-order valence-corrected chi connectivity index (χ2v) is 8.11. The SMILES string of the molecule is CC(=O)NCc1ccc(S(=O)(=O)Nc2ccc(C)c(C)c2)s1. The molecule has 0 saturated carbocycles. The lowest BCUT2D eigenvalue weighted by atomic mass is 10.1. The van der Waals surface area contributed by atoms with Crippen molar-refractivity contribution in [1.29, 1.82) is 0 Å². The van der Waals surface area contributed by atoms with Crippen molar-refractivity contribution >= 4 is 33.0 Å². The summed E-state index contributed by atoms with van der Waals surface area (Å²) in [6.07, 6.45) is 0. The molecule has 5 nitrogen and oxygen atoms in total. The first-order valence-electron chi connectivity index (χ1n) is 6.71. The molecule has 0 spiro atoms. The number of thiophene rings is 1. The van der Waals surface area contributed by atoms with E-state index >= 15 is 0 Å². The van der Waals surface area contributed by atoms with Crippen LogP contribution in [0.5, 0.6) is 0 Å². The second kappa shape index (κ2) is 6.50. The number of benzene rings is 1. The van der Waals surface area contributed by atoms with Crippen LogP contribution in [0.3, 0.4) is 0 Å². The lowest BCUT2D eigenvalue weighted by Gasteiger charge is -2.08. The van der Waals surface area contributed by atoms with Crippen molar-refractivity contribution in [1.82, 2.24) is 5.32 Å². The zero-order chi connectivity index (χ0) is 16.3. The molecule has 0 aliphatic rings. The molecule has 0 aliphatic heterocycles. The number of amides is 1. The van der Waals surface area contributed by atoms with E-state index in [0.29, 0.717) is 12.2 Å². The Bertz CT molecular complexity index is 795. The molecular weight excluding hydrogens is 320 g/mol. The molecule has 0 bridgehead atoms. The third kappa shape index (κ3) is 4.08. The molecular formula is C15H18N2O3S2. The lowest BCUT2D eigenvalue weighted by Crippen LogP contribution is -2.18. The molecule has 0 unspecified atom stereocenters. The highest BCUT2D eigenvalue weighted by Gasteiger charge is 2.17. The highest BCUT2D eigenvalue weighted by Crippen LogP contribution is 2.25. The van der Waals surface area contributed by atoms with E-state index in [1.165, 1.54) is 6.92 Å². The standard InChI is InChI=1S/C15H18N2O3S2/c1-10-4-5-13(8-11(10)2)17-22(19,20)15-7-6-14(21-15)9-16-12(3)18/h4-8,17H,9H2,1-3H3,(H,16,18). The molecule has 2 N–H and O–H groups in total. The fourth-order valence-electron chi connectivity index (χ4n) is 1.82. The smallest absolute Gasteiger partial charge is 0.271 e. The molecule has 1 amide bonds. The summed E-state index contributed by atoms with van der Waals surface area (Å²) in [6.45, 7) is 5.66. The maximum Gasteiger partial charge on any atom is 0.271 e. The summed E-state index contributed by atoms with van der Waals surface area (Å²) >= 11 is 1.14. The molecule has 0 atom stereocenters. The van der Waals surface area contributed by atoms with Gasteiger partial charge in [0.15, 0.2) is 0 Å². The highest BCUT2D eigenvalue weighted by atomic mass is 32.2. The molecule has 0 fully saturated rings. The van der Waals surface area contributed by atoms with Gasteiger partial charge in [-0.15, -0.1) is 11.3 Å². The van der Waals surface area contributed by atoms with Gasteiger partial charge in [0, 0.05) is 17.5 Å². The van der Waals surface area contributed by atoms with Gasteiger partial charge in [0.2, 0.25) is 5.91 Å². The number of aryl methyl sites for hydroxylation is 2. The first-order chi connectivity index (χ1) is 10.3. The van der Waals surface area contributed by atoms with Gasteiger partial charge >= 0.3 is 0 Å². The predicted octanol–water partition coefficient (Wildman–Crippen LogP) is 2.80. The lowest BCUT2D eigenvalue weighted by molar-refractivity contribution is -0.119. The third-order valence-corrected chi connectivity index (χ3v) is 6.13. The summed E-state index contributed by atoms with van der Waals surface area (Å²) in [5.74, 6) is -0.147. The largest absolute Gasteiger partial charge is 0.351 e. The molecule has 1 aromatic heterocycles. The van der Waals surface area contributed by atoms with Crippen LogP contribution in [0.1, 0.15) is 22.9 Å². The summed E-state index contributed by atoms with van der Waals surface area (Å²) in [5.41, 5.74) is 2.68. The van der Waals surface area contributed by atoms with Crippen molar-refractivity contribution in [2.45, 2.75) is 31.5 Å². The molecule has 118 valence electrons. The van der Waals surface area contributed by atoms with E-state index in [2.05, 4.69) is 10.0 Å². The average Bonchev–Trinajstić information content (AvgIpc) is 2.90. The number of nitrogens with one attached hydrogen (secondary N) is 2. The molecule has 7 heteroatoms. The summed E-state index contributed by atoms with van der Waals surface area (Å²) in [6, 6.07) is 8.68. The fourth-order valence-corrected chi connectivity index (χ4v) is 4.16. The molecule has 22 heavy (non-hydrogen) atoms. The number of anilines is 1. The van der Waals surface area contributed by atoms with Gasteiger partial charge in [0.05, 0.1) is 6.54 Å². The van der Waals surface area contributed by atoms with Crippen LogP contribution in [0.2, 0.25) is 0 Å². The molecule has 2 rings (SSSR count). The Morgan fingerprint density at radius 2 is 1.86 bits per heavy atom. The number of sulfonamides is 1. The fraction of sp³-hybridized carbons (Fsp3) is 0.267. The Labute approximate surface area is 134 Å². The van der Waals surface area contributed by atoms with Crippen molar-refractivity contribution < 1.29 is 13.2 Å². The van der Waals surface area contributed by atoms with Crippen molar-refractivity contribution in [3.8, 4) is 0 Å². The molecule has 0 aliphatic carbocycles. The van der Waals surface area contributed by atoms with E-state index in [0.717, 1.165) is 27.3 Å². The van der Waals surface area contributed by atoms with E-state index < -0.39 is 10.0 Å². The van der Waals surface area contributed by atoms with Crippen molar-refractivity contribution in [3.05, 3.63) is 46.3 Å². The maximum absolute atomic E-state index is 12.4. The van der Waals surface area contributed by atoms with Gasteiger partial charge in [0.25, 0.3) is 10.0 Å². The number of hydrogen-bond donors (Lipinski definition) is 2. The zero-order valence-corrected chi connectivity index (χ0v) is 14.3. The van der Waals surface area contributed by atoms with Crippen molar-refractivity contribution in [2.24, 2.45) is 0 Å². The number of carbonyl (C=O) groups excluding carboxylic acids is 1. The summed E-state index contributed by atoms with van der Waals surface area (Å²) in [5, 5.41) is 2.65. The minimum Gasteiger partial charge on any atom is -0.351 e. The topological polar surface area (TPSA) is 75.3 Å². The van der Waals surface area contributed by atoms with Gasteiger partial charge < -0.3 is 5.32 Å². The number of rotatable bonds is 5. The van der Waals surface area contributed by atoms with Gasteiger partial charge in [-0.1, -0.05) is 6.07 Å². The van der Waals surface area contributed by atoms with Crippen LogP contribution in [-0.4, -0.2) is 14.3 Å². The van der Waals surface area contributed by atoms with Gasteiger partial charge in [-0.05, 0) is 49.2 Å². The number of hydrogen-bond acceptors (Lipinski definition) is 4. The Hall–Kier alpha value is -1.86. The van der Waals surface area contributed by atoms with E-state index in [1.54, 1.807) is 24.3 Å². The maximum atomic E-state index is 12.4. The van der Waals surface area contributed by atoms with Crippen LogP contribution in [-0.2, 0) is 21.4 Å². The minimum atomic E-state index is -3.60. The Kier molecular flexibility index (Phi) is 4.87. The number of carbonyl (C=O) groups is 1. The van der Waals surface area contributed by atoms with Gasteiger partial charge in [-0.2, -0.15) is 0 Å². The van der Waals surface area contributed by atoms with Gasteiger partial charge in [-0.25, -0.2) is 8.42 Å². The molecule has 0 saturated heterocycles. The first kappa shape index (κ1) is 16.5.